The molecule has 2 aromatic rings. The van der Waals surface area contributed by atoms with E-state index in [2.05, 4.69) is 26.3 Å². The average Bonchev–Trinajstić information content (AvgIpc) is 2.68. The molecule has 0 bridgehead atoms. The molecular weight excluding hydrogens is 252 g/mol. The van der Waals surface area contributed by atoms with Gasteiger partial charge in [-0.2, -0.15) is 0 Å². The maximum absolute atomic E-state index is 11.7. The SMILES string of the molecule is Cc1nc2ccccc2n1CCCNC(=O)C1CNC1. The molecule has 1 aliphatic heterocycles. The number of carbonyl (C=O) groups excluding carboxylic acids is 1. The second-order valence-electron chi connectivity index (χ2n) is 5.30. The molecule has 5 nitrogen and oxygen atoms in total. The second-order valence-corrected chi connectivity index (χ2v) is 5.30. The van der Waals surface area contributed by atoms with E-state index in [0.717, 1.165) is 43.9 Å². The first-order valence-electron chi connectivity index (χ1n) is 7.16. The number of carbonyl (C=O) groups is 1. The molecule has 0 aliphatic carbocycles. The van der Waals surface area contributed by atoms with Crippen LogP contribution < -0.4 is 10.6 Å². The van der Waals surface area contributed by atoms with Crippen LogP contribution in [0.4, 0.5) is 0 Å². The zero-order valence-electron chi connectivity index (χ0n) is 11.7. The highest BCUT2D eigenvalue weighted by Gasteiger charge is 2.24. The molecule has 20 heavy (non-hydrogen) atoms. The zero-order chi connectivity index (χ0) is 13.9. The summed E-state index contributed by atoms with van der Waals surface area (Å²) in [6.45, 7) is 5.27. The summed E-state index contributed by atoms with van der Waals surface area (Å²) < 4.78 is 2.21. The third kappa shape index (κ3) is 2.54. The first-order valence-corrected chi connectivity index (χ1v) is 7.16. The molecule has 1 aromatic carbocycles. The number of aryl methyl sites for hydroxylation is 2. The third-order valence-corrected chi connectivity index (χ3v) is 3.86. The molecule has 1 aliphatic rings. The molecule has 0 spiro atoms. The Bertz CT molecular complexity index is 615. The second kappa shape index (κ2) is 5.63. The molecule has 0 radical (unpaired) electrons. The van der Waals surface area contributed by atoms with Gasteiger partial charge in [0.25, 0.3) is 0 Å². The normalized spacial score (nSPS) is 15.2. The van der Waals surface area contributed by atoms with Crippen LogP contribution in [-0.4, -0.2) is 35.1 Å². The first-order chi connectivity index (χ1) is 9.75. The van der Waals surface area contributed by atoms with Crippen molar-refractivity contribution in [1.29, 1.82) is 0 Å². The Labute approximate surface area is 118 Å². The quantitative estimate of drug-likeness (QED) is 0.801. The fourth-order valence-corrected chi connectivity index (χ4v) is 2.55. The number of rotatable bonds is 5. The summed E-state index contributed by atoms with van der Waals surface area (Å²) in [5, 5.41) is 6.11. The van der Waals surface area contributed by atoms with Crippen LogP contribution in [0.15, 0.2) is 24.3 Å². The van der Waals surface area contributed by atoms with E-state index in [-0.39, 0.29) is 11.8 Å². The number of para-hydroxylation sites is 2. The van der Waals surface area contributed by atoms with E-state index in [9.17, 15) is 4.79 Å². The van der Waals surface area contributed by atoms with Crippen LogP contribution in [0, 0.1) is 12.8 Å². The molecule has 0 saturated carbocycles. The zero-order valence-corrected chi connectivity index (χ0v) is 11.7. The van der Waals surface area contributed by atoms with Gasteiger partial charge in [0.2, 0.25) is 5.91 Å². The Hall–Kier alpha value is -1.88. The monoisotopic (exact) mass is 272 g/mol. The maximum Gasteiger partial charge on any atom is 0.225 e. The van der Waals surface area contributed by atoms with Crippen molar-refractivity contribution in [2.45, 2.75) is 19.9 Å². The van der Waals surface area contributed by atoms with Crippen LogP contribution in [-0.2, 0) is 11.3 Å². The highest BCUT2D eigenvalue weighted by atomic mass is 16.2. The van der Waals surface area contributed by atoms with Crippen LogP contribution in [0.3, 0.4) is 0 Å². The summed E-state index contributed by atoms with van der Waals surface area (Å²) in [4.78, 5) is 16.2. The molecule has 2 N–H and O–H groups in total. The number of benzene rings is 1. The number of aromatic nitrogens is 2. The van der Waals surface area contributed by atoms with E-state index < -0.39 is 0 Å². The number of nitrogens with zero attached hydrogens (tertiary/aromatic N) is 2. The summed E-state index contributed by atoms with van der Waals surface area (Å²) in [5.41, 5.74) is 2.20. The Morgan fingerprint density at radius 2 is 2.25 bits per heavy atom. The number of hydrogen-bond donors (Lipinski definition) is 2. The molecular formula is C15H20N4O. The highest BCUT2D eigenvalue weighted by Crippen LogP contribution is 2.15. The minimum absolute atomic E-state index is 0.172. The molecule has 1 saturated heterocycles. The molecule has 1 fully saturated rings. The average molecular weight is 272 g/mol. The molecule has 5 heteroatoms. The van der Waals surface area contributed by atoms with Gasteiger partial charge >= 0.3 is 0 Å². The van der Waals surface area contributed by atoms with Crippen LogP contribution >= 0.6 is 0 Å². The van der Waals surface area contributed by atoms with E-state index in [0.29, 0.717) is 0 Å². The van der Waals surface area contributed by atoms with Crippen molar-refractivity contribution in [2.24, 2.45) is 5.92 Å². The first kappa shape index (κ1) is 13.1. The van der Waals surface area contributed by atoms with Crippen LogP contribution in [0.25, 0.3) is 11.0 Å². The maximum atomic E-state index is 11.7. The number of nitrogens with one attached hydrogen (secondary N) is 2. The van der Waals surface area contributed by atoms with Gasteiger partial charge in [0, 0.05) is 26.2 Å². The summed E-state index contributed by atoms with van der Waals surface area (Å²) in [6, 6.07) is 8.16. The van der Waals surface area contributed by atoms with Gasteiger partial charge in [-0.3, -0.25) is 4.79 Å². The van der Waals surface area contributed by atoms with Gasteiger partial charge in [-0.1, -0.05) is 12.1 Å². The van der Waals surface area contributed by atoms with Gasteiger partial charge in [0.1, 0.15) is 5.82 Å². The van der Waals surface area contributed by atoms with E-state index in [1.807, 2.05) is 25.1 Å². The molecule has 1 amide bonds. The number of amides is 1. The van der Waals surface area contributed by atoms with Gasteiger partial charge in [-0.25, -0.2) is 4.98 Å². The fraction of sp³-hybridized carbons (Fsp3) is 0.467. The Morgan fingerprint density at radius 3 is 3.00 bits per heavy atom. The third-order valence-electron chi connectivity index (χ3n) is 3.86. The van der Waals surface area contributed by atoms with Crippen molar-refractivity contribution in [3.63, 3.8) is 0 Å². The smallest absolute Gasteiger partial charge is 0.225 e. The Morgan fingerprint density at radius 1 is 1.45 bits per heavy atom. The molecule has 0 unspecified atom stereocenters. The Kier molecular flexibility index (Phi) is 3.69. The van der Waals surface area contributed by atoms with Gasteiger partial charge in [-0.15, -0.1) is 0 Å². The molecule has 2 heterocycles. The number of imidazole rings is 1. The van der Waals surface area contributed by atoms with Crippen LogP contribution in [0.5, 0.6) is 0 Å². The summed E-state index contributed by atoms with van der Waals surface area (Å²) in [5.74, 6) is 1.38. The molecule has 1 aromatic heterocycles. The molecule has 0 atom stereocenters. The highest BCUT2D eigenvalue weighted by molar-refractivity contribution is 5.80. The van der Waals surface area contributed by atoms with Gasteiger partial charge in [0.15, 0.2) is 0 Å². The lowest BCUT2D eigenvalue weighted by Gasteiger charge is -2.25. The van der Waals surface area contributed by atoms with E-state index in [1.165, 1.54) is 5.52 Å². The minimum atomic E-state index is 0.172. The van der Waals surface area contributed by atoms with Crippen LogP contribution in [0.2, 0.25) is 0 Å². The number of hydrogen-bond acceptors (Lipinski definition) is 3. The standard InChI is InChI=1S/C15H20N4O/c1-11-18-13-5-2-3-6-14(13)19(11)8-4-7-17-15(20)12-9-16-10-12/h2-3,5-6,12,16H,4,7-10H2,1H3,(H,17,20). The van der Waals surface area contributed by atoms with Crippen molar-refractivity contribution in [1.82, 2.24) is 20.2 Å². The molecule has 106 valence electrons. The van der Waals surface area contributed by atoms with Crippen LogP contribution in [0.1, 0.15) is 12.2 Å². The van der Waals surface area contributed by atoms with E-state index in [1.54, 1.807) is 0 Å². The van der Waals surface area contributed by atoms with Gasteiger partial charge in [-0.05, 0) is 25.5 Å². The summed E-state index contributed by atoms with van der Waals surface area (Å²) >= 11 is 0. The van der Waals surface area contributed by atoms with Crippen molar-refractivity contribution >= 4 is 16.9 Å². The minimum Gasteiger partial charge on any atom is -0.356 e. The van der Waals surface area contributed by atoms with Crippen molar-refractivity contribution in [3.05, 3.63) is 30.1 Å². The van der Waals surface area contributed by atoms with Crippen molar-refractivity contribution in [3.8, 4) is 0 Å². The number of fused-ring (bicyclic) bond motifs is 1. The fourth-order valence-electron chi connectivity index (χ4n) is 2.55. The van der Waals surface area contributed by atoms with Gasteiger partial charge in [0.05, 0.1) is 17.0 Å². The summed E-state index contributed by atoms with van der Waals surface area (Å²) in [7, 11) is 0. The van der Waals surface area contributed by atoms with E-state index in [4.69, 9.17) is 0 Å². The largest absolute Gasteiger partial charge is 0.356 e. The van der Waals surface area contributed by atoms with Crippen molar-refractivity contribution < 1.29 is 4.79 Å². The lowest BCUT2D eigenvalue weighted by Crippen LogP contribution is -2.50. The molecule has 3 rings (SSSR count). The lowest BCUT2D eigenvalue weighted by atomic mass is 10.0. The lowest BCUT2D eigenvalue weighted by molar-refractivity contribution is -0.126. The topological polar surface area (TPSA) is 59.0 Å². The van der Waals surface area contributed by atoms with Gasteiger partial charge < -0.3 is 15.2 Å². The Balaban J connectivity index is 1.54. The van der Waals surface area contributed by atoms with Crippen molar-refractivity contribution in [2.75, 3.05) is 19.6 Å². The van der Waals surface area contributed by atoms with E-state index >= 15 is 0 Å². The predicted molar refractivity (Wildman–Crippen MR) is 78.5 cm³/mol. The predicted octanol–water partition coefficient (Wildman–Crippen LogP) is 1.07. The summed E-state index contributed by atoms with van der Waals surface area (Å²) in [6.07, 6.45) is 0.924.